The summed E-state index contributed by atoms with van der Waals surface area (Å²) in [4.78, 5) is 23.6. The van der Waals surface area contributed by atoms with Gasteiger partial charge in [0.2, 0.25) is 0 Å². The van der Waals surface area contributed by atoms with Crippen LogP contribution in [0.1, 0.15) is 33.4 Å². The molecule has 0 aliphatic rings. The molecule has 0 radical (unpaired) electrons. The molecule has 1 aromatic rings. The normalized spacial score (nSPS) is 9.94. The molecule has 0 fully saturated rings. The van der Waals surface area contributed by atoms with E-state index >= 15 is 0 Å². The minimum Gasteiger partial charge on any atom is -0.465 e. The van der Waals surface area contributed by atoms with E-state index in [4.69, 9.17) is 5.73 Å². The van der Waals surface area contributed by atoms with E-state index in [-0.39, 0.29) is 17.2 Å². The maximum atomic E-state index is 11.7. The van der Waals surface area contributed by atoms with Gasteiger partial charge in [-0.1, -0.05) is 6.92 Å². The molecule has 0 aliphatic heterocycles. The monoisotopic (exact) mass is 271 g/mol. The Morgan fingerprint density at radius 3 is 2.61 bits per heavy atom. The van der Waals surface area contributed by atoms with Gasteiger partial charge in [0.05, 0.1) is 12.8 Å². The molecule has 1 rings (SSSR count). The minimum absolute atomic E-state index is 0.157. The zero-order chi connectivity index (χ0) is 13.7. The zero-order valence-corrected chi connectivity index (χ0v) is 11.4. The molecule has 1 aromatic heterocycles. The van der Waals surface area contributed by atoms with Crippen LogP contribution in [-0.2, 0) is 4.74 Å². The largest absolute Gasteiger partial charge is 0.465 e. The highest BCUT2D eigenvalue weighted by Gasteiger charge is 2.25. The quantitative estimate of drug-likeness (QED) is 0.702. The van der Waals surface area contributed by atoms with E-state index < -0.39 is 5.97 Å². The number of nitrogens with one attached hydrogen (secondary N) is 2. The van der Waals surface area contributed by atoms with Gasteiger partial charge in [-0.2, -0.15) is 0 Å². The fourth-order valence-electron chi connectivity index (χ4n) is 1.39. The van der Waals surface area contributed by atoms with Gasteiger partial charge in [0.15, 0.2) is 0 Å². The molecule has 6 nitrogen and oxygen atoms in total. The van der Waals surface area contributed by atoms with E-state index in [1.807, 2.05) is 6.92 Å². The third-order valence-electron chi connectivity index (χ3n) is 2.30. The lowest BCUT2D eigenvalue weighted by molar-refractivity contribution is 0.0603. The molecule has 0 atom stereocenters. The standard InChI is InChI=1S/C11H17N3O3S/c1-4-5-14-10-6(11(16)17-3)7(12)8(18-10)9(15)13-2/h14H,4-5,12H2,1-3H3,(H,13,15). The van der Waals surface area contributed by atoms with E-state index in [9.17, 15) is 9.59 Å². The Morgan fingerprint density at radius 1 is 1.44 bits per heavy atom. The second-order valence-corrected chi connectivity index (χ2v) is 4.57. The van der Waals surface area contributed by atoms with Crippen LogP contribution in [0.5, 0.6) is 0 Å². The van der Waals surface area contributed by atoms with Gasteiger partial charge in [-0.05, 0) is 6.42 Å². The summed E-state index contributed by atoms with van der Waals surface area (Å²) in [6, 6.07) is 0. The summed E-state index contributed by atoms with van der Waals surface area (Å²) in [5.74, 6) is -0.857. The van der Waals surface area contributed by atoms with Crippen LogP contribution < -0.4 is 16.4 Å². The first-order valence-electron chi connectivity index (χ1n) is 5.53. The lowest BCUT2D eigenvalue weighted by Crippen LogP contribution is -2.18. The highest BCUT2D eigenvalue weighted by atomic mass is 32.1. The van der Waals surface area contributed by atoms with Gasteiger partial charge in [0, 0.05) is 13.6 Å². The third kappa shape index (κ3) is 2.73. The Hall–Kier alpha value is -1.76. The highest BCUT2D eigenvalue weighted by molar-refractivity contribution is 7.19. The lowest BCUT2D eigenvalue weighted by atomic mass is 10.2. The Balaban J connectivity index is 3.22. The van der Waals surface area contributed by atoms with Crippen LogP contribution in [0.15, 0.2) is 0 Å². The van der Waals surface area contributed by atoms with E-state index in [2.05, 4.69) is 15.4 Å². The van der Waals surface area contributed by atoms with E-state index in [0.29, 0.717) is 16.4 Å². The Bertz CT molecular complexity index is 457. The van der Waals surface area contributed by atoms with E-state index in [1.165, 1.54) is 14.2 Å². The number of anilines is 2. The minimum atomic E-state index is -0.544. The summed E-state index contributed by atoms with van der Waals surface area (Å²) in [5, 5.41) is 6.13. The molecule has 0 unspecified atom stereocenters. The molecule has 1 heterocycles. The fourth-order valence-corrected chi connectivity index (χ4v) is 2.47. The number of nitrogen functional groups attached to an aromatic ring is 1. The van der Waals surface area contributed by atoms with Crippen LogP contribution in [0.4, 0.5) is 10.7 Å². The number of amides is 1. The van der Waals surface area contributed by atoms with Gasteiger partial charge < -0.3 is 21.1 Å². The predicted molar refractivity (Wildman–Crippen MR) is 72.2 cm³/mol. The molecular formula is C11H17N3O3S. The first kappa shape index (κ1) is 14.3. The SMILES string of the molecule is CCCNc1sc(C(=O)NC)c(N)c1C(=O)OC. The summed E-state index contributed by atoms with van der Waals surface area (Å²) in [6.07, 6.45) is 0.897. The number of hydrogen-bond donors (Lipinski definition) is 3. The molecule has 0 aromatic carbocycles. The molecule has 0 saturated heterocycles. The van der Waals surface area contributed by atoms with Gasteiger partial charge in [-0.15, -0.1) is 11.3 Å². The van der Waals surface area contributed by atoms with Crippen LogP contribution in [0, 0.1) is 0 Å². The Kier molecular flexibility index (Phi) is 4.96. The molecular weight excluding hydrogens is 254 g/mol. The fraction of sp³-hybridized carbons (Fsp3) is 0.455. The summed E-state index contributed by atoms with van der Waals surface area (Å²) in [6.45, 7) is 2.69. The third-order valence-corrected chi connectivity index (χ3v) is 3.47. The first-order chi connectivity index (χ1) is 8.56. The maximum Gasteiger partial charge on any atom is 0.343 e. The second-order valence-electron chi connectivity index (χ2n) is 3.55. The molecule has 100 valence electrons. The van der Waals surface area contributed by atoms with Gasteiger partial charge in [-0.25, -0.2) is 4.79 Å². The van der Waals surface area contributed by atoms with Crippen molar-refractivity contribution in [2.45, 2.75) is 13.3 Å². The van der Waals surface area contributed by atoms with Crippen molar-refractivity contribution in [3.8, 4) is 0 Å². The number of methoxy groups -OCH3 is 1. The summed E-state index contributed by atoms with van der Waals surface area (Å²) in [5.41, 5.74) is 6.23. The first-order valence-corrected chi connectivity index (χ1v) is 6.34. The van der Waals surface area contributed by atoms with Crippen molar-refractivity contribution in [1.82, 2.24) is 5.32 Å². The average molecular weight is 271 g/mol. The maximum absolute atomic E-state index is 11.7. The number of carbonyl (C=O) groups excluding carboxylic acids is 2. The van der Waals surface area contributed by atoms with Gasteiger partial charge >= 0.3 is 5.97 Å². The van der Waals surface area contributed by atoms with Crippen molar-refractivity contribution < 1.29 is 14.3 Å². The topological polar surface area (TPSA) is 93.5 Å². The average Bonchev–Trinajstić information content (AvgIpc) is 2.71. The van der Waals surface area contributed by atoms with Crippen LogP contribution in [0.3, 0.4) is 0 Å². The molecule has 0 spiro atoms. The van der Waals surface area contributed by atoms with Crippen molar-refractivity contribution in [3.63, 3.8) is 0 Å². The van der Waals surface area contributed by atoms with Crippen molar-refractivity contribution >= 4 is 33.9 Å². The van der Waals surface area contributed by atoms with Crippen molar-refractivity contribution in [2.75, 3.05) is 31.8 Å². The van der Waals surface area contributed by atoms with Crippen molar-refractivity contribution in [2.24, 2.45) is 0 Å². The van der Waals surface area contributed by atoms with Gasteiger partial charge in [0.1, 0.15) is 15.4 Å². The second kappa shape index (κ2) is 6.25. The van der Waals surface area contributed by atoms with Gasteiger partial charge in [0.25, 0.3) is 5.91 Å². The van der Waals surface area contributed by atoms with Crippen LogP contribution in [-0.4, -0.2) is 32.6 Å². The van der Waals surface area contributed by atoms with Crippen molar-refractivity contribution in [3.05, 3.63) is 10.4 Å². The lowest BCUT2D eigenvalue weighted by Gasteiger charge is -2.04. The number of nitrogens with two attached hydrogens (primary N) is 1. The van der Waals surface area contributed by atoms with Crippen LogP contribution in [0.2, 0.25) is 0 Å². The molecule has 0 bridgehead atoms. The molecule has 0 saturated carbocycles. The molecule has 18 heavy (non-hydrogen) atoms. The van der Waals surface area contributed by atoms with Crippen LogP contribution in [0.25, 0.3) is 0 Å². The van der Waals surface area contributed by atoms with Crippen LogP contribution >= 0.6 is 11.3 Å². The van der Waals surface area contributed by atoms with E-state index in [1.54, 1.807) is 0 Å². The highest BCUT2D eigenvalue weighted by Crippen LogP contribution is 2.36. The number of hydrogen-bond acceptors (Lipinski definition) is 6. The number of carbonyl (C=O) groups is 2. The smallest absolute Gasteiger partial charge is 0.343 e. The molecule has 1 amide bonds. The predicted octanol–water partition coefficient (Wildman–Crippen LogP) is 1.30. The van der Waals surface area contributed by atoms with Crippen molar-refractivity contribution in [1.29, 1.82) is 0 Å². The molecule has 0 aliphatic carbocycles. The Morgan fingerprint density at radius 2 is 2.11 bits per heavy atom. The zero-order valence-electron chi connectivity index (χ0n) is 10.6. The molecule has 4 N–H and O–H groups in total. The number of esters is 1. The summed E-state index contributed by atoms with van der Waals surface area (Å²) < 4.78 is 4.68. The summed E-state index contributed by atoms with van der Waals surface area (Å²) in [7, 11) is 2.79. The van der Waals surface area contributed by atoms with Gasteiger partial charge in [-0.3, -0.25) is 4.79 Å². The Labute approximate surface area is 110 Å². The summed E-state index contributed by atoms with van der Waals surface area (Å²) >= 11 is 1.15. The number of thiophene rings is 1. The number of ether oxygens (including phenoxy) is 1. The van der Waals surface area contributed by atoms with E-state index in [0.717, 1.165) is 17.8 Å². The molecule has 7 heteroatoms. The number of rotatable bonds is 5.